The Morgan fingerprint density at radius 3 is 2.82 bits per heavy atom. The molecule has 0 bridgehead atoms. The van der Waals surface area contributed by atoms with Crippen LogP contribution in [-0.4, -0.2) is 23.7 Å². The number of carbonyl (C=O) groups is 1. The lowest BCUT2D eigenvalue weighted by Crippen LogP contribution is -2.26. The fourth-order valence-corrected chi connectivity index (χ4v) is 1.44. The second-order valence-electron chi connectivity index (χ2n) is 3.66. The first-order valence-corrected chi connectivity index (χ1v) is 5.96. The molecule has 1 aromatic rings. The SMILES string of the molecule is CCCC(OCc1ccccn1)C(=O)OCC. The topological polar surface area (TPSA) is 48.4 Å². The molecule has 0 fully saturated rings. The van der Waals surface area contributed by atoms with E-state index in [1.807, 2.05) is 25.1 Å². The molecule has 0 radical (unpaired) electrons. The normalized spacial score (nSPS) is 12.1. The molecule has 1 aromatic heterocycles. The maximum absolute atomic E-state index is 11.6. The van der Waals surface area contributed by atoms with Gasteiger partial charge in [-0.05, 0) is 25.5 Å². The van der Waals surface area contributed by atoms with Crippen LogP contribution >= 0.6 is 0 Å². The standard InChI is InChI=1S/C13H19NO3/c1-3-7-12(13(15)16-4-2)17-10-11-8-5-6-9-14-11/h5-6,8-9,12H,3-4,7,10H2,1-2H3. The zero-order chi connectivity index (χ0) is 12.5. The highest BCUT2D eigenvalue weighted by molar-refractivity contribution is 5.74. The van der Waals surface area contributed by atoms with Gasteiger partial charge in [-0.2, -0.15) is 0 Å². The van der Waals surface area contributed by atoms with Crippen LogP contribution < -0.4 is 0 Å². The van der Waals surface area contributed by atoms with Gasteiger partial charge in [0.05, 0.1) is 18.9 Å². The van der Waals surface area contributed by atoms with Crippen LogP contribution in [0, 0.1) is 0 Å². The van der Waals surface area contributed by atoms with Crippen LogP contribution in [-0.2, 0) is 20.9 Å². The highest BCUT2D eigenvalue weighted by Gasteiger charge is 2.19. The fourth-order valence-electron chi connectivity index (χ4n) is 1.44. The van der Waals surface area contributed by atoms with E-state index >= 15 is 0 Å². The molecule has 0 amide bonds. The third-order valence-corrected chi connectivity index (χ3v) is 2.26. The minimum absolute atomic E-state index is 0.287. The Morgan fingerprint density at radius 2 is 2.24 bits per heavy atom. The van der Waals surface area contributed by atoms with E-state index in [9.17, 15) is 4.79 Å². The van der Waals surface area contributed by atoms with Gasteiger partial charge in [0.1, 0.15) is 0 Å². The molecule has 0 N–H and O–H groups in total. The molecule has 0 saturated heterocycles. The molecule has 0 saturated carbocycles. The second-order valence-corrected chi connectivity index (χ2v) is 3.66. The van der Waals surface area contributed by atoms with Crippen LogP contribution in [0.15, 0.2) is 24.4 Å². The summed E-state index contributed by atoms with van der Waals surface area (Å²) in [4.78, 5) is 15.7. The average molecular weight is 237 g/mol. The Morgan fingerprint density at radius 1 is 1.41 bits per heavy atom. The molecule has 0 aliphatic heterocycles. The molecule has 0 spiro atoms. The van der Waals surface area contributed by atoms with E-state index in [0.29, 0.717) is 19.6 Å². The number of esters is 1. The Bertz CT molecular complexity index is 327. The molecule has 0 aliphatic carbocycles. The number of rotatable bonds is 7. The Hall–Kier alpha value is -1.42. The Kier molecular flexibility index (Phi) is 6.25. The van der Waals surface area contributed by atoms with Gasteiger partial charge in [-0.3, -0.25) is 4.98 Å². The van der Waals surface area contributed by atoms with Crippen molar-refractivity contribution in [2.45, 2.75) is 39.4 Å². The number of hydrogen-bond acceptors (Lipinski definition) is 4. The lowest BCUT2D eigenvalue weighted by atomic mass is 10.2. The highest BCUT2D eigenvalue weighted by Crippen LogP contribution is 2.08. The van der Waals surface area contributed by atoms with Crippen molar-refractivity contribution < 1.29 is 14.3 Å². The van der Waals surface area contributed by atoms with E-state index in [2.05, 4.69) is 4.98 Å². The number of aromatic nitrogens is 1. The molecule has 4 heteroatoms. The summed E-state index contributed by atoms with van der Waals surface area (Å²) in [5, 5.41) is 0. The molecular formula is C13H19NO3. The monoisotopic (exact) mass is 237 g/mol. The highest BCUT2D eigenvalue weighted by atomic mass is 16.6. The summed E-state index contributed by atoms with van der Waals surface area (Å²) in [6.07, 6.45) is 2.77. The van der Waals surface area contributed by atoms with E-state index < -0.39 is 6.10 Å². The Labute approximate surface area is 102 Å². The van der Waals surface area contributed by atoms with Crippen molar-refractivity contribution in [1.82, 2.24) is 4.98 Å². The molecule has 4 nitrogen and oxygen atoms in total. The zero-order valence-corrected chi connectivity index (χ0v) is 10.4. The van der Waals surface area contributed by atoms with E-state index in [0.717, 1.165) is 12.1 Å². The largest absolute Gasteiger partial charge is 0.464 e. The van der Waals surface area contributed by atoms with Gasteiger partial charge in [0, 0.05) is 6.20 Å². The maximum Gasteiger partial charge on any atom is 0.335 e. The number of ether oxygens (including phenoxy) is 2. The van der Waals surface area contributed by atoms with Crippen LogP contribution in [0.4, 0.5) is 0 Å². The van der Waals surface area contributed by atoms with Crippen LogP contribution in [0.3, 0.4) is 0 Å². The Balaban J connectivity index is 2.47. The van der Waals surface area contributed by atoms with Gasteiger partial charge in [0.25, 0.3) is 0 Å². The molecule has 94 valence electrons. The minimum Gasteiger partial charge on any atom is -0.464 e. The van der Waals surface area contributed by atoms with Gasteiger partial charge in [0.15, 0.2) is 6.10 Å². The molecule has 17 heavy (non-hydrogen) atoms. The summed E-state index contributed by atoms with van der Waals surface area (Å²) < 4.78 is 10.5. The average Bonchev–Trinajstić information content (AvgIpc) is 2.36. The van der Waals surface area contributed by atoms with E-state index in [1.54, 1.807) is 13.1 Å². The lowest BCUT2D eigenvalue weighted by molar-refractivity contribution is -0.158. The van der Waals surface area contributed by atoms with Crippen molar-refractivity contribution in [3.63, 3.8) is 0 Å². The van der Waals surface area contributed by atoms with E-state index in [1.165, 1.54) is 0 Å². The summed E-state index contributed by atoms with van der Waals surface area (Å²) in [6, 6.07) is 5.61. The summed E-state index contributed by atoms with van der Waals surface area (Å²) in [7, 11) is 0. The number of pyridine rings is 1. The van der Waals surface area contributed by atoms with Gasteiger partial charge in [0.2, 0.25) is 0 Å². The first-order chi connectivity index (χ1) is 8.27. The molecule has 0 aromatic carbocycles. The predicted molar refractivity (Wildman–Crippen MR) is 64.4 cm³/mol. The fraction of sp³-hybridized carbons (Fsp3) is 0.538. The zero-order valence-electron chi connectivity index (χ0n) is 10.4. The van der Waals surface area contributed by atoms with Crippen LogP contribution in [0.5, 0.6) is 0 Å². The third-order valence-electron chi connectivity index (χ3n) is 2.26. The van der Waals surface area contributed by atoms with Crippen LogP contribution in [0.1, 0.15) is 32.4 Å². The van der Waals surface area contributed by atoms with Crippen molar-refractivity contribution in [1.29, 1.82) is 0 Å². The predicted octanol–water partition coefficient (Wildman–Crippen LogP) is 2.33. The third kappa shape index (κ3) is 4.95. The summed E-state index contributed by atoms with van der Waals surface area (Å²) in [5.74, 6) is -0.287. The summed E-state index contributed by atoms with van der Waals surface area (Å²) >= 11 is 0. The van der Waals surface area contributed by atoms with Crippen molar-refractivity contribution >= 4 is 5.97 Å². The molecule has 1 heterocycles. The summed E-state index contributed by atoms with van der Waals surface area (Å²) in [6.45, 7) is 4.52. The molecule has 1 unspecified atom stereocenters. The molecule has 1 atom stereocenters. The van der Waals surface area contributed by atoms with Crippen molar-refractivity contribution in [3.8, 4) is 0 Å². The van der Waals surface area contributed by atoms with Crippen LogP contribution in [0.2, 0.25) is 0 Å². The van der Waals surface area contributed by atoms with Crippen LogP contribution in [0.25, 0.3) is 0 Å². The van der Waals surface area contributed by atoms with Gasteiger partial charge < -0.3 is 9.47 Å². The number of hydrogen-bond donors (Lipinski definition) is 0. The first kappa shape index (κ1) is 13.6. The van der Waals surface area contributed by atoms with Gasteiger partial charge >= 0.3 is 5.97 Å². The van der Waals surface area contributed by atoms with E-state index in [4.69, 9.17) is 9.47 Å². The maximum atomic E-state index is 11.6. The second kappa shape index (κ2) is 7.79. The molecule has 1 rings (SSSR count). The number of carbonyl (C=O) groups excluding carboxylic acids is 1. The van der Waals surface area contributed by atoms with Crippen molar-refractivity contribution in [2.24, 2.45) is 0 Å². The minimum atomic E-state index is -0.484. The van der Waals surface area contributed by atoms with Gasteiger partial charge in [-0.25, -0.2) is 4.79 Å². The molecule has 0 aliphatic rings. The van der Waals surface area contributed by atoms with Gasteiger partial charge in [-0.1, -0.05) is 19.4 Å². The number of nitrogens with zero attached hydrogens (tertiary/aromatic N) is 1. The lowest BCUT2D eigenvalue weighted by Gasteiger charge is -2.15. The quantitative estimate of drug-likeness (QED) is 0.683. The van der Waals surface area contributed by atoms with Crippen molar-refractivity contribution in [2.75, 3.05) is 6.61 Å². The summed E-state index contributed by atoms with van der Waals surface area (Å²) in [5.41, 5.74) is 0.818. The van der Waals surface area contributed by atoms with Crippen molar-refractivity contribution in [3.05, 3.63) is 30.1 Å². The van der Waals surface area contributed by atoms with E-state index in [-0.39, 0.29) is 5.97 Å². The molecular weight excluding hydrogens is 218 g/mol. The van der Waals surface area contributed by atoms with Gasteiger partial charge in [-0.15, -0.1) is 0 Å². The smallest absolute Gasteiger partial charge is 0.335 e. The first-order valence-electron chi connectivity index (χ1n) is 5.96.